The van der Waals surface area contributed by atoms with Crippen molar-refractivity contribution >= 4 is 5.91 Å². The Morgan fingerprint density at radius 2 is 1.75 bits per heavy atom. The van der Waals surface area contributed by atoms with Gasteiger partial charge in [0.05, 0.1) is 5.56 Å². The molecule has 6 nitrogen and oxygen atoms in total. The Morgan fingerprint density at radius 1 is 1.06 bits per heavy atom. The van der Waals surface area contributed by atoms with Crippen molar-refractivity contribution in [3.8, 4) is 11.5 Å². The number of benzene rings is 1. The molecule has 0 bridgehead atoms. The molecule has 0 unspecified atom stereocenters. The smallest absolute Gasteiger partial charge is 0.339 e. The Hall–Kier alpha value is -3.54. The molecule has 4 rings (SSSR count). The van der Waals surface area contributed by atoms with E-state index in [9.17, 15) is 31.1 Å². The van der Waals surface area contributed by atoms with Gasteiger partial charge in [0.25, 0.3) is 5.91 Å². The van der Waals surface area contributed by atoms with Crippen LogP contribution in [0, 0.1) is 23.4 Å². The van der Waals surface area contributed by atoms with Crippen LogP contribution in [-0.4, -0.2) is 44.9 Å². The highest BCUT2D eigenvalue weighted by Crippen LogP contribution is 2.33. The van der Waals surface area contributed by atoms with Crippen molar-refractivity contribution < 1.29 is 31.1 Å². The zero-order chi connectivity index (χ0) is 26.0. The molecule has 1 atom stereocenters. The Kier molecular flexibility index (Phi) is 7.25. The van der Waals surface area contributed by atoms with E-state index < -0.39 is 46.8 Å². The third kappa shape index (κ3) is 5.48. The van der Waals surface area contributed by atoms with Crippen molar-refractivity contribution in [2.75, 3.05) is 13.1 Å². The first-order chi connectivity index (χ1) is 17.0. The number of alkyl halides is 3. The van der Waals surface area contributed by atoms with Crippen LogP contribution in [0.5, 0.6) is 0 Å². The Balaban J connectivity index is 1.46. The van der Waals surface area contributed by atoms with Crippen molar-refractivity contribution in [1.82, 2.24) is 19.9 Å². The summed E-state index contributed by atoms with van der Waals surface area (Å²) in [5, 5.41) is 0. The van der Waals surface area contributed by atoms with Crippen molar-refractivity contribution in [2.24, 2.45) is 11.7 Å². The molecule has 190 valence electrons. The van der Waals surface area contributed by atoms with Crippen LogP contribution in [-0.2, 0) is 12.6 Å². The minimum absolute atomic E-state index is 0.0529. The highest BCUT2D eigenvalue weighted by molar-refractivity contribution is 5.95. The molecule has 0 aliphatic carbocycles. The fourth-order valence-electron chi connectivity index (χ4n) is 4.21. The molecule has 1 aromatic carbocycles. The first-order valence-electron chi connectivity index (χ1n) is 11.1. The van der Waals surface area contributed by atoms with E-state index in [-0.39, 0.29) is 42.5 Å². The summed E-state index contributed by atoms with van der Waals surface area (Å²) in [5.74, 6) is -4.72. The van der Waals surface area contributed by atoms with Gasteiger partial charge < -0.3 is 10.6 Å². The SMILES string of the molecule is N[C@H](Cc1cc(F)c(F)cc1F)C1CCN(C(=O)c2cnc(-c3ccccn3)nc2C(F)(F)F)CC1. The van der Waals surface area contributed by atoms with Gasteiger partial charge in [0.1, 0.15) is 11.5 Å². The third-order valence-corrected chi connectivity index (χ3v) is 6.16. The Morgan fingerprint density at radius 3 is 2.39 bits per heavy atom. The number of rotatable bonds is 5. The molecule has 2 aromatic heterocycles. The molecule has 3 aromatic rings. The van der Waals surface area contributed by atoms with E-state index in [0.29, 0.717) is 18.9 Å². The summed E-state index contributed by atoms with van der Waals surface area (Å²) in [5.41, 5.74) is 4.20. The molecule has 1 amide bonds. The topological polar surface area (TPSA) is 85.0 Å². The molecule has 36 heavy (non-hydrogen) atoms. The van der Waals surface area contributed by atoms with E-state index >= 15 is 0 Å². The Labute approximate surface area is 202 Å². The second-order valence-corrected chi connectivity index (χ2v) is 8.52. The van der Waals surface area contributed by atoms with Crippen molar-refractivity contribution in [1.29, 1.82) is 0 Å². The summed E-state index contributed by atoms with van der Waals surface area (Å²) in [4.78, 5) is 25.7. The number of hydrogen-bond acceptors (Lipinski definition) is 5. The maximum absolute atomic E-state index is 14.0. The number of nitrogens with zero attached hydrogens (tertiary/aromatic N) is 4. The largest absolute Gasteiger partial charge is 0.434 e. The van der Waals surface area contributed by atoms with Crippen LogP contribution in [0.15, 0.2) is 42.7 Å². The number of hydrogen-bond donors (Lipinski definition) is 1. The Bertz CT molecular complexity index is 1250. The number of aromatic nitrogens is 3. The zero-order valence-electron chi connectivity index (χ0n) is 18.8. The first kappa shape index (κ1) is 25.5. The summed E-state index contributed by atoms with van der Waals surface area (Å²) in [7, 11) is 0. The average Bonchev–Trinajstić information content (AvgIpc) is 2.86. The quantitative estimate of drug-likeness (QED) is 0.407. The van der Waals surface area contributed by atoms with Gasteiger partial charge in [0, 0.05) is 37.6 Å². The molecular weight excluding hydrogens is 488 g/mol. The average molecular weight is 509 g/mol. The van der Waals surface area contributed by atoms with Crippen LogP contribution >= 0.6 is 0 Å². The van der Waals surface area contributed by atoms with Crippen LogP contribution in [0.4, 0.5) is 26.3 Å². The van der Waals surface area contributed by atoms with Gasteiger partial charge in [0.2, 0.25) is 0 Å². The molecular formula is C24H21F6N5O. The van der Waals surface area contributed by atoms with Crippen molar-refractivity contribution in [3.63, 3.8) is 0 Å². The van der Waals surface area contributed by atoms with E-state index in [0.717, 1.165) is 12.3 Å². The monoisotopic (exact) mass is 509 g/mol. The van der Waals surface area contributed by atoms with Gasteiger partial charge in [-0.25, -0.2) is 23.1 Å². The third-order valence-electron chi connectivity index (χ3n) is 6.16. The minimum Gasteiger partial charge on any atom is -0.339 e. The highest BCUT2D eigenvalue weighted by atomic mass is 19.4. The zero-order valence-corrected chi connectivity index (χ0v) is 18.8. The lowest BCUT2D eigenvalue weighted by Gasteiger charge is -2.35. The number of piperidine rings is 1. The molecule has 0 saturated carbocycles. The summed E-state index contributed by atoms with van der Waals surface area (Å²) in [6.45, 7) is 0.216. The van der Waals surface area contributed by atoms with Crippen molar-refractivity contribution in [2.45, 2.75) is 31.5 Å². The van der Waals surface area contributed by atoms with E-state index in [1.54, 1.807) is 12.1 Å². The normalized spacial score (nSPS) is 15.7. The van der Waals surface area contributed by atoms with E-state index in [2.05, 4.69) is 15.0 Å². The predicted octanol–water partition coefficient (Wildman–Crippen LogP) is 4.40. The summed E-state index contributed by atoms with van der Waals surface area (Å²) < 4.78 is 81.8. The van der Waals surface area contributed by atoms with Crippen LogP contribution in [0.2, 0.25) is 0 Å². The lowest BCUT2D eigenvalue weighted by Crippen LogP contribution is -2.44. The molecule has 3 heterocycles. The van der Waals surface area contributed by atoms with Crippen LogP contribution < -0.4 is 5.73 Å². The van der Waals surface area contributed by atoms with Gasteiger partial charge in [-0.15, -0.1) is 0 Å². The van der Waals surface area contributed by atoms with E-state index in [4.69, 9.17) is 5.73 Å². The summed E-state index contributed by atoms with van der Waals surface area (Å²) in [6, 6.07) is 5.23. The number of amides is 1. The second kappa shape index (κ2) is 10.2. The minimum atomic E-state index is -4.90. The van der Waals surface area contributed by atoms with Crippen molar-refractivity contribution in [3.05, 3.63) is 77.0 Å². The molecule has 1 fully saturated rings. The maximum atomic E-state index is 14.0. The number of carbonyl (C=O) groups excluding carboxylic acids is 1. The lowest BCUT2D eigenvalue weighted by atomic mass is 9.86. The molecule has 12 heteroatoms. The molecule has 1 saturated heterocycles. The molecule has 0 radical (unpaired) electrons. The second-order valence-electron chi connectivity index (χ2n) is 8.52. The number of nitrogens with two attached hydrogens (primary N) is 1. The van der Waals surface area contributed by atoms with Gasteiger partial charge in [-0.1, -0.05) is 6.07 Å². The predicted molar refractivity (Wildman–Crippen MR) is 117 cm³/mol. The highest BCUT2D eigenvalue weighted by Gasteiger charge is 2.40. The van der Waals surface area contributed by atoms with Gasteiger partial charge in [0.15, 0.2) is 23.2 Å². The van der Waals surface area contributed by atoms with Crippen LogP contribution in [0.25, 0.3) is 11.5 Å². The fraction of sp³-hybridized carbons (Fsp3) is 0.333. The van der Waals surface area contributed by atoms with Crippen LogP contribution in [0.1, 0.15) is 34.5 Å². The number of likely N-dealkylation sites (tertiary alicyclic amines) is 1. The molecule has 1 aliphatic heterocycles. The maximum Gasteiger partial charge on any atom is 0.434 e. The fourth-order valence-corrected chi connectivity index (χ4v) is 4.21. The van der Waals surface area contributed by atoms with E-state index in [1.807, 2.05) is 0 Å². The summed E-state index contributed by atoms with van der Waals surface area (Å²) >= 11 is 0. The molecule has 0 spiro atoms. The van der Waals surface area contributed by atoms with E-state index in [1.165, 1.54) is 17.2 Å². The van der Waals surface area contributed by atoms with Gasteiger partial charge >= 0.3 is 6.18 Å². The van der Waals surface area contributed by atoms with Gasteiger partial charge in [-0.2, -0.15) is 13.2 Å². The number of carbonyl (C=O) groups is 1. The number of pyridine rings is 1. The van der Waals surface area contributed by atoms with Gasteiger partial charge in [-0.05, 0) is 48.9 Å². The van der Waals surface area contributed by atoms with Crippen LogP contribution in [0.3, 0.4) is 0 Å². The summed E-state index contributed by atoms with van der Waals surface area (Å²) in [6.07, 6.45) is -2.03. The van der Waals surface area contributed by atoms with Gasteiger partial charge in [-0.3, -0.25) is 9.78 Å². The molecule has 2 N–H and O–H groups in total. The lowest BCUT2D eigenvalue weighted by molar-refractivity contribution is -0.141. The first-order valence-corrected chi connectivity index (χ1v) is 11.1. The standard InChI is InChI=1S/C24H21F6N5O/c25-16-11-18(27)17(26)9-14(16)10-19(31)13-4-7-35(8-5-13)23(36)15-12-33-22(20-3-1-2-6-32-20)34-21(15)24(28,29)30/h1-3,6,9,11-13,19H,4-5,7-8,10,31H2/t19-/m1/s1. The molecule has 1 aliphatic rings. The number of halogens is 6.